The van der Waals surface area contributed by atoms with Crippen LogP contribution in [-0.4, -0.2) is 44.5 Å². The van der Waals surface area contributed by atoms with Gasteiger partial charge in [-0.15, -0.1) is 24.0 Å². The molecule has 0 bridgehead atoms. The molecule has 1 aliphatic rings. The zero-order chi connectivity index (χ0) is 16.8. The molecule has 3 N–H and O–H groups in total. The predicted octanol–water partition coefficient (Wildman–Crippen LogP) is 2.50. The minimum atomic E-state index is -0.00820. The third kappa shape index (κ3) is 5.08. The summed E-state index contributed by atoms with van der Waals surface area (Å²) >= 11 is 0. The van der Waals surface area contributed by atoms with Crippen molar-refractivity contribution in [2.75, 3.05) is 33.4 Å². The van der Waals surface area contributed by atoms with Crippen molar-refractivity contribution in [1.29, 1.82) is 0 Å². The minimum Gasteiger partial charge on any atom is -0.459 e. The zero-order valence-corrected chi connectivity index (χ0v) is 16.8. The Bertz CT molecular complexity index is 663. The minimum absolute atomic E-state index is 0. The van der Waals surface area contributed by atoms with Crippen molar-refractivity contribution >= 4 is 40.9 Å². The Kier molecular flexibility index (Phi) is 7.52. The Morgan fingerprint density at radius 3 is 2.84 bits per heavy atom. The van der Waals surface area contributed by atoms with Crippen molar-refractivity contribution in [3.63, 3.8) is 0 Å². The second-order valence-corrected chi connectivity index (χ2v) is 6.31. The van der Waals surface area contributed by atoms with Gasteiger partial charge < -0.3 is 24.9 Å². The number of halogens is 1. The summed E-state index contributed by atoms with van der Waals surface area (Å²) in [6.07, 6.45) is 1.70. The van der Waals surface area contributed by atoms with Crippen molar-refractivity contribution in [2.24, 2.45) is 10.4 Å². The van der Waals surface area contributed by atoms with Crippen LogP contribution in [0.5, 0.6) is 0 Å². The van der Waals surface area contributed by atoms with Gasteiger partial charge in [0.05, 0.1) is 13.2 Å². The lowest BCUT2D eigenvalue weighted by Crippen LogP contribution is -2.44. The van der Waals surface area contributed by atoms with Gasteiger partial charge in [0.1, 0.15) is 11.3 Å². The predicted molar refractivity (Wildman–Crippen MR) is 109 cm³/mol. The number of aliphatic hydroxyl groups excluding tert-OH is 1. The number of aliphatic hydroxyl groups is 1. The summed E-state index contributed by atoms with van der Waals surface area (Å²) in [7, 11) is 1.75. The van der Waals surface area contributed by atoms with Crippen molar-refractivity contribution in [3.8, 4) is 0 Å². The number of hydrogen-bond donors (Lipinski definition) is 3. The van der Waals surface area contributed by atoms with E-state index in [2.05, 4.69) is 15.6 Å². The molecule has 0 spiro atoms. The molecule has 6 nitrogen and oxygen atoms in total. The lowest BCUT2D eigenvalue weighted by atomic mass is 9.84. The number of nitrogens with one attached hydrogen (secondary N) is 2. The summed E-state index contributed by atoms with van der Waals surface area (Å²) in [5, 5.41) is 17.0. The third-order valence-electron chi connectivity index (χ3n) is 4.59. The van der Waals surface area contributed by atoms with Crippen LogP contribution in [0.4, 0.5) is 0 Å². The van der Waals surface area contributed by atoms with Crippen LogP contribution >= 0.6 is 24.0 Å². The van der Waals surface area contributed by atoms with E-state index in [0.717, 1.165) is 48.7 Å². The summed E-state index contributed by atoms with van der Waals surface area (Å²) < 4.78 is 11.3. The van der Waals surface area contributed by atoms with Crippen LogP contribution in [0.1, 0.15) is 18.6 Å². The quantitative estimate of drug-likeness (QED) is 0.352. The molecule has 0 aliphatic carbocycles. The molecule has 1 saturated heterocycles. The molecule has 1 aromatic heterocycles. The van der Waals surface area contributed by atoms with Crippen molar-refractivity contribution < 1.29 is 14.3 Å². The van der Waals surface area contributed by atoms with Gasteiger partial charge in [-0.25, -0.2) is 0 Å². The van der Waals surface area contributed by atoms with Crippen molar-refractivity contribution in [1.82, 2.24) is 10.6 Å². The lowest BCUT2D eigenvalue weighted by Gasteiger charge is -2.27. The SMILES string of the molecule is CN=C(NCc1cc2ccccc2o1)NCC1(CCO)CCOC1.I. The molecule has 2 aromatic rings. The molecular weight excluding hydrogens is 433 g/mol. The van der Waals surface area contributed by atoms with E-state index >= 15 is 0 Å². The van der Waals surface area contributed by atoms with E-state index in [9.17, 15) is 5.11 Å². The number of aliphatic imine (C=N–C) groups is 1. The molecule has 0 radical (unpaired) electrons. The number of guanidine groups is 1. The van der Waals surface area contributed by atoms with E-state index in [0.29, 0.717) is 13.2 Å². The van der Waals surface area contributed by atoms with Gasteiger partial charge in [0.15, 0.2) is 5.96 Å². The van der Waals surface area contributed by atoms with Gasteiger partial charge >= 0.3 is 0 Å². The van der Waals surface area contributed by atoms with E-state index in [1.165, 1.54) is 0 Å². The van der Waals surface area contributed by atoms with Crippen LogP contribution in [0.15, 0.2) is 39.7 Å². The highest BCUT2D eigenvalue weighted by Crippen LogP contribution is 2.31. The number of furan rings is 1. The number of rotatable bonds is 6. The molecule has 1 aromatic carbocycles. The monoisotopic (exact) mass is 459 g/mol. The molecule has 0 amide bonds. The normalized spacial score (nSPS) is 20.5. The Balaban J connectivity index is 0.00000225. The molecule has 138 valence electrons. The van der Waals surface area contributed by atoms with Gasteiger partial charge in [-0.1, -0.05) is 18.2 Å². The molecule has 2 heterocycles. The molecule has 1 fully saturated rings. The average Bonchev–Trinajstić information content (AvgIpc) is 3.22. The maximum Gasteiger partial charge on any atom is 0.191 e. The maximum atomic E-state index is 9.29. The molecule has 1 aliphatic heterocycles. The smallest absolute Gasteiger partial charge is 0.191 e. The molecular formula is C18H26IN3O3. The lowest BCUT2D eigenvalue weighted by molar-refractivity contribution is 0.127. The first-order chi connectivity index (χ1) is 11.7. The van der Waals surface area contributed by atoms with Crippen LogP contribution in [0.3, 0.4) is 0 Å². The van der Waals surface area contributed by atoms with Gasteiger partial charge in [-0.3, -0.25) is 4.99 Å². The van der Waals surface area contributed by atoms with E-state index in [4.69, 9.17) is 9.15 Å². The largest absolute Gasteiger partial charge is 0.459 e. The summed E-state index contributed by atoms with van der Waals surface area (Å²) in [5.41, 5.74) is 0.883. The molecule has 0 saturated carbocycles. The molecule has 1 unspecified atom stereocenters. The van der Waals surface area contributed by atoms with E-state index < -0.39 is 0 Å². The Morgan fingerprint density at radius 2 is 2.16 bits per heavy atom. The Hall–Kier alpha value is -1.32. The van der Waals surface area contributed by atoms with Crippen LogP contribution in [0.2, 0.25) is 0 Å². The van der Waals surface area contributed by atoms with Crippen molar-refractivity contribution in [2.45, 2.75) is 19.4 Å². The topological polar surface area (TPSA) is 79.0 Å². The number of ether oxygens (including phenoxy) is 1. The van der Waals surface area contributed by atoms with Crippen LogP contribution < -0.4 is 10.6 Å². The van der Waals surface area contributed by atoms with Gasteiger partial charge in [-0.05, 0) is 25.0 Å². The molecule has 3 rings (SSSR count). The number of para-hydroxylation sites is 1. The summed E-state index contributed by atoms with van der Waals surface area (Å²) in [6, 6.07) is 10.0. The molecule has 25 heavy (non-hydrogen) atoms. The van der Waals surface area contributed by atoms with E-state index in [1.54, 1.807) is 7.05 Å². The standard InChI is InChI=1S/C18H25N3O3.HI/c1-19-17(21-12-18(6-8-22)7-9-23-13-18)20-11-15-10-14-4-2-3-5-16(14)24-15;/h2-5,10,22H,6-9,11-13H2,1H3,(H2,19,20,21);1H. The van der Waals surface area contributed by atoms with Gasteiger partial charge in [0.25, 0.3) is 0 Å². The second-order valence-electron chi connectivity index (χ2n) is 6.31. The van der Waals surface area contributed by atoms with E-state index in [-0.39, 0.29) is 36.0 Å². The number of fused-ring (bicyclic) bond motifs is 1. The van der Waals surface area contributed by atoms with Gasteiger partial charge in [-0.2, -0.15) is 0 Å². The fraction of sp³-hybridized carbons (Fsp3) is 0.500. The summed E-state index contributed by atoms with van der Waals surface area (Å²) in [4.78, 5) is 4.26. The first-order valence-corrected chi connectivity index (χ1v) is 8.35. The highest BCUT2D eigenvalue weighted by atomic mass is 127. The third-order valence-corrected chi connectivity index (χ3v) is 4.59. The molecule has 7 heteroatoms. The molecule has 1 atom stereocenters. The fourth-order valence-corrected chi connectivity index (χ4v) is 3.10. The fourth-order valence-electron chi connectivity index (χ4n) is 3.10. The van der Waals surface area contributed by atoms with Crippen LogP contribution in [0.25, 0.3) is 11.0 Å². The number of nitrogens with zero attached hydrogens (tertiary/aromatic N) is 1. The van der Waals surface area contributed by atoms with Gasteiger partial charge in [0, 0.05) is 37.6 Å². The number of hydrogen-bond acceptors (Lipinski definition) is 4. The van der Waals surface area contributed by atoms with Crippen LogP contribution in [-0.2, 0) is 11.3 Å². The van der Waals surface area contributed by atoms with Crippen molar-refractivity contribution in [3.05, 3.63) is 36.1 Å². The van der Waals surface area contributed by atoms with Gasteiger partial charge in [0.2, 0.25) is 0 Å². The Labute approximate surface area is 165 Å². The number of benzene rings is 1. The zero-order valence-electron chi connectivity index (χ0n) is 14.5. The highest BCUT2D eigenvalue weighted by molar-refractivity contribution is 14.0. The maximum absolute atomic E-state index is 9.29. The first kappa shape index (κ1) is 20.0. The Morgan fingerprint density at radius 1 is 1.32 bits per heavy atom. The van der Waals surface area contributed by atoms with Crippen LogP contribution in [0, 0.1) is 5.41 Å². The first-order valence-electron chi connectivity index (χ1n) is 8.35. The second kappa shape index (κ2) is 9.40. The summed E-state index contributed by atoms with van der Waals surface area (Å²) in [6.45, 7) is 2.91. The average molecular weight is 459 g/mol. The van der Waals surface area contributed by atoms with E-state index in [1.807, 2.05) is 30.3 Å². The summed E-state index contributed by atoms with van der Waals surface area (Å²) in [5.74, 6) is 1.59. The highest BCUT2D eigenvalue weighted by Gasteiger charge is 2.34.